The van der Waals surface area contributed by atoms with Crippen LogP contribution in [-0.4, -0.2) is 86.7 Å². The smallest absolute Gasteiger partial charge is 0.234 e. The topological polar surface area (TPSA) is 78.4 Å². The highest BCUT2D eigenvalue weighted by Crippen LogP contribution is 2.19. The van der Waals surface area contributed by atoms with Gasteiger partial charge in [0.05, 0.1) is 20.2 Å². The molecule has 166 valence electrons. The van der Waals surface area contributed by atoms with Gasteiger partial charge in [-0.3, -0.25) is 9.69 Å². The maximum Gasteiger partial charge on any atom is 0.234 e. The Morgan fingerprint density at radius 2 is 1.83 bits per heavy atom. The van der Waals surface area contributed by atoms with Crippen LogP contribution in [0.2, 0.25) is 0 Å². The molecule has 1 heterocycles. The van der Waals surface area contributed by atoms with Gasteiger partial charge in [-0.15, -0.1) is 0 Å². The van der Waals surface area contributed by atoms with E-state index in [2.05, 4.69) is 27.4 Å². The van der Waals surface area contributed by atoms with E-state index in [4.69, 9.17) is 14.5 Å². The van der Waals surface area contributed by atoms with Crippen molar-refractivity contribution in [3.63, 3.8) is 0 Å². The first-order valence-electron chi connectivity index (χ1n) is 10.9. The molecule has 2 fully saturated rings. The number of guanidine groups is 1. The second-order valence-corrected chi connectivity index (χ2v) is 7.90. The number of nitrogens with zero attached hydrogens (tertiary/aromatic N) is 3. The standard InChI is InChI=1S/C22H35N5O3/c1-4-23-22(24-15-17(2)30-20-9-7-19(29-3)8-10-20)27-13-11-26(12-14-27)16-21(28)25-18-5-6-18/h7-10,17-18H,4-6,11-16H2,1-3H3,(H,23,24)(H,25,28). The van der Waals surface area contributed by atoms with Crippen molar-refractivity contribution in [1.82, 2.24) is 20.4 Å². The molecule has 8 heteroatoms. The highest BCUT2D eigenvalue weighted by Gasteiger charge is 2.26. The summed E-state index contributed by atoms with van der Waals surface area (Å²) in [5.41, 5.74) is 0. The zero-order chi connectivity index (χ0) is 21.3. The number of methoxy groups -OCH3 is 1. The minimum atomic E-state index is -0.0422. The van der Waals surface area contributed by atoms with Crippen LogP contribution in [0.4, 0.5) is 0 Å². The Labute approximate surface area is 179 Å². The fourth-order valence-electron chi connectivity index (χ4n) is 3.39. The largest absolute Gasteiger partial charge is 0.497 e. The van der Waals surface area contributed by atoms with E-state index in [0.717, 1.165) is 63.0 Å². The Bertz CT molecular complexity index is 697. The Balaban J connectivity index is 1.45. The van der Waals surface area contributed by atoms with Gasteiger partial charge in [0.15, 0.2) is 5.96 Å². The SMILES string of the molecule is CCNC(=NCC(C)Oc1ccc(OC)cc1)N1CCN(CC(=O)NC2CC2)CC1. The molecule has 1 atom stereocenters. The zero-order valence-electron chi connectivity index (χ0n) is 18.4. The van der Waals surface area contributed by atoms with Crippen molar-refractivity contribution < 1.29 is 14.3 Å². The molecule has 1 unspecified atom stereocenters. The molecule has 0 bridgehead atoms. The van der Waals surface area contributed by atoms with Crippen molar-refractivity contribution in [3.05, 3.63) is 24.3 Å². The molecule has 1 aromatic carbocycles. The molecule has 8 nitrogen and oxygen atoms in total. The molecular formula is C22H35N5O3. The summed E-state index contributed by atoms with van der Waals surface area (Å²) in [5, 5.41) is 6.45. The second-order valence-electron chi connectivity index (χ2n) is 7.90. The van der Waals surface area contributed by atoms with Crippen molar-refractivity contribution in [1.29, 1.82) is 0 Å². The summed E-state index contributed by atoms with van der Waals surface area (Å²) in [6, 6.07) is 8.01. The van der Waals surface area contributed by atoms with Gasteiger partial charge in [-0.2, -0.15) is 0 Å². The summed E-state index contributed by atoms with van der Waals surface area (Å²) in [6.45, 7) is 9.41. The van der Waals surface area contributed by atoms with E-state index in [1.54, 1.807) is 7.11 Å². The van der Waals surface area contributed by atoms with E-state index in [1.165, 1.54) is 0 Å². The van der Waals surface area contributed by atoms with Gasteiger partial charge in [-0.05, 0) is 51.0 Å². The van der Waals surface area contributed by atoms with Gasteiger partial charge < -0.3 is 25.0 Å². The molecule has 0 spiro atoms. The van der Waals surface area contributed by atoms with Crippen molar-refractivity contribution in [3.8, 4) is 11.5 Å². The number of amides is 1. The van der Waals surface area contributed by atoms with E-state index in [1.807, 2.05) is 31.2 Å². The van der Waals surface area contributed by atoms with Crippen LogP contribution >= 0.6 is 0 Å². The summed E-state index contributed by atoms with van der Waals surface area (Å²) in [5.74, 6) is 2.68. The lowest BCUT2D eigenvalue weighted by atomic mass is 10.3. The summed E-state index contributed by atoms with van der Waals surface area (Å²) in [7, 11) is 1.65. The fraction of sp³-hybridized carbons (Fsp3) is 0.636. The first-order valence-corrected chi connectivity index (χ1v) is 10.9. The number of rotatable bonds is 9. The number of hydrogen-bond acceptors (Lipinski definition) is 5. The molecule has 1 saturated carbocycles. The molecule has 2 N–H and O–H groups in total. The van der Waals surface area contributed by atoms with Crippen molar-refractivity contribution in [2.24, 2.45) is 4.99 Å². The Morgan fingerprint density at radius 1 is 1.17 bits per heavy atom. The normalized spacial score (nSPS) is 18.6. The summed E-state index contributed by atoms with van der Waals surface area (Å²) in [6.07, 6.45) is 2.21. The third-order valence-corrected chi connectivity index (χ3v) is 5.21. The third kappa shape index (κ3) is 7.09. The molecular weight excluding hydrogens is 382 g/mol. The van der Waals surface area contributed by atoms with E-state index >= 15 is 0 Å². The summed E-state index contributed by atoms with van der Waals surface area (Å²) in [4.78, 5) is 21.3. The van der Waals surface area contributed by atoms with Gasteiger partial charge in [0.25, 0.3) is 0 Å². The van der Waals surface area contributed by atoms with Crippen LogP contribution in [0.5, 0.6) is 11.5 Å². The Hall–Kier alpha value is -2.48. The van der Waals surface area contributed by atoms with Gasteiger partial charge in [-0.25, -0.2) is 4.99 Å². The quantitative estimate of drug-likeness (QED) is 0.466. The van der Waals surface area contributed by atoms with E-state index in [-0.39, 0.29) is 12.0 Å². The predicted octanol–water partition coefficient (Wildman–Crippen LogP) is 1.32. The van der Waals surface area contributed by atoms with Crippen LogP contribution in [0.3, 0.4) is 0 Å². The van der Waals surface area contributed by atoms with Gasteiger partial charge >= 0.3 is 0 Å². The predicted molar refractivity (Wildman–Crippen MR) is 118 cm³/mol. The number of piperazine rings is 1. The molecule has 1 aliphatic heterocycles. The molecule has 1 amide bonds. The molecule has 2 aliphatic rings. The minimum Gasteiger partial charge on any atom is -0.497 e. The molecule has 30 heavy (non-hydrogen) atoms. The third-order valence-electron chi connectivity index (χ3n) is 5.21. The molecule has 1 aliphatic carbocycles. The number of aliphatic imine (C=N–C) groups is 1. The van der Waals surface area contributed by atoms with E-state index < -0.39 is 0 Å². The first kappa shape index (κ1) is 22.2. The monoisotopic (exact) mass is 417 g/mol. The van der Waals surface area contributed by atoms with E-state index in [9.17, 15) is 4.79 Å². The van der Waals surface area contributed by atoms with Gasteiger partial charge in [-0.1, -0.05) is 0 Å². The summed E-state index contributed by atoms with van der Waals surface area (Å²) < 4.78 is 11.1. The molecule has 1 aromatic rings. The van der Waals surface area contributed by atoms with Gasteiger partial charge in [0, 0.05) is 38.8 Å². The molecule has 3 rings (SSSR count). The van der Waals surface area contributed by atoms with Crippen LogP contribution in [0.1, 0.15) is 26.7 Å². The number of hydrogen-bond donors (Lipinski definition) is 2. The molecule has 0 radical (unpaired) electrons. The average molecular weight is 418 g/mol. The maximum absolute atomic E-state index is 12.0. The highest BCUT2D eigenvalue weighted by molar-refractivity contribution is 5.80. The fourth-order valence-corrected chi connectivity index (χ4v) is 3.39. The minimum absolute atomic E-state index is 0.0422. The van der Waals surface area contributed by atoms with Crippen molar-refractivity contribution in [2.75, 3.05) is 52.9 Å². The van der Waals surface area contributed by atoms with Gasteiger partial charge in [0.1, 0.15) is 17.6 Å². The van der Waals surface area contributed by atoms with Crippen LogP contribution in [-0.2, 0) is 4.79 Å². The van der Waals surface area contributed by atoms with Gasteiger partial charge in [0.2, 0.25) is 5.91 Å². The van der Waals surface area contributed by atoms with E-state index in [0.29, 0.717) is 19.1 Å². The highest BCUT2D eigenvalue weighted by atomic mass is 16.5. The van der Waals surface area contributed by atoms with Crippen LogP contribution in [0, 0.1) is 0 Å². The lowest BCUT2D eigenvalue weighted by Crippen LogP contribution is -2.54. The Morgan fingerprint density at radius 3 is 2.43 bits per heavy atom. The molecule has 1 saturated heterocycles. The van der Waals surface area contributed by atoms with Crippen LogP contribution in [0.15, 0.2) is 29.3 Å². The maximum atomic E-state index is 12.0. The number of carbonyl (C=O) groups is 1. The zero-order valence-corrected chi connectivity index (χ0v) is 18.4. The Kier molecular flexibility index (Phi) is 8.19. The van der Waals surface area contributed by atoms with Crippen LogP contribution in [0.25, 0.3) is 0 Å². The number of ether oxygens (including phenoxy) is 2. The number of nitrogens with one attached hydrogen (secondary N) is 2. The molecule has 0 aromatic heterocycles. The number of carbonyl (C=O) groups excluding carboxylic acids is 1. The average Bonchev–Trinajstić information content (AvgIpc) is 3.56. The van der Waals surface area contributed by atoms with Crippen molar-refractivity contribution >= 4 is 11.9 Å². The van der Waals surface area contributed by atoms with Crippen molar-refractivity contribution in [2.45, 2.75) is 38.8 Å². The lowest BCUT2D eigenvalue weighted by molar-refractivity contribution is -0.122. The second kappa shape index (κ2) is 11.1. The number of benzene rings is 1. The summed E-state index contributed by atoms with van der Waals surface area (Å²) >= 11 is 0. The van der Waals surface area contributed by atoms with Crippen LogP contribution < -0.4 is 20.1 Å². The first-order chi connectivity index (χ1) is 14.6. The lowest BCUT2D eigenvalue weighted by Gasteiger charge is -2.36.